The number of rotatable bonds is 6. The minimum atomic E-state index is -1.37. The average Bonchev–Trinajstić information content (AvgIpc) is 3.07. The summed E-state index contributed by atoms with van der Waals surface area (Å²) in [5.41, 5.74) is 0.608. The van der Waals surface area contributed by atoms with Crippen molar-refractivity contribution in [2.75, 3.05) is 12.4 Å². The number of aliphatic hydroxyl groups is 1. The number of ether oxygens (including phenoxy) is 1. The van der Waals surface area contributed by atoms with E-state index in [1.807, 2.05) is 0 Å². The van der Waals surface area contributed by atoms with E-state index in [1.54, 1.807) is 42.3 Å². The van der Waals surface area contributed by atoms with Crippen LogP contribution in [0, 0.1) is 11.6 Å². The van der Waals surface area contributed by atoms with Gasteiger partial charge in [0.05, 0.1) is 13.7 Å². The summed E-state index contributed by atoms with van der Waals surface area (Å²) in [6.07, 6.45) is 0.266. The van der Waals surface area contributed by atoms with E-state index >= 15 is 0 Å². The van der Waals surface area contributed by atoms with Crippen molar-refractivity contribution in [1.82, 2.24) is 9.78 Å². The summed E-state index contributed by atoms with van der Waals surface area (Å²) in [4.78, 5) is 0. The molecule has 0 bridgehead atoms. The zero-order valence-corrected chi connectivity index (χ0v) is 14.5. The highest BCUT2D eigenvalue weighted by molar-refractivity contribution is 6.30. The molecule has 0 saturated carbocycles. The molecule has 2 aromatic carbocycles. The summed E-state index contributed by atoms with van der Waals surface area (Å²) in [7, 11) is 1.55. The summed E-state index contributed by atoms with van der Waals surface area (Å²) in [6.45, 7) is 0.352. The lowest BCUT2D eigenvalue weighted by Gasteiger charge is -2.13. The van der Waals surface area contributed by atoms with Gasteiger partial charge < -0.3 is 15.2 Å². The van der Waals surface area contributed by atoms with Crippen molar-refractivity contribution in [2.45, 2.75) is 12.8 Å². The maximum atomic E-state index is 13.7. The van der Waals surface area contributed by atoms with E-state index in [2.05, 4.69) is 10.4 Å². The van der Waals surface area contributed by atoms with E-state index in [1.165, 1.54) is 6.07 Å². The number of nitrogens with one attached hydrogen (secondary N) is 1. The fourth-order valence-corrected chi connectivity index (χ4v) is 2.70. The van der Waals surface area contributed by atoms with Crippen LogP contribution < -0.4 is 10.1 Å². The van der Waals surface area contributed by atoms with Gasteiger partial charge in [0.2, 0.25) is 0 Å². The molecule has 2 N–H and O–H groups in total. The third-order valence-corrected chi connectivity index (χ3v) is 4.00. The van der Waals surface area contributed by atoms with E-state index in [9.17, 15) is 13.9 Å². The molecule has 0 amide bonds. The molecule has 26 heavy (non-hydrogen) atoms. The standard InChI is InChI=1S/C18H16ClF2N3O2/c1-26-16-6-5-12(19)9-11(16)10-24-8-7-15(23-24)18(25)22-17-13(20)3-2-4-14(17)21/h2-9,18,22,25H,10H2,1H3. The highest BCUT2D eigenvalue weighted by Crippen LogP contribution is 2.25. The van der Waals surface area contributed by atoms with Crippen molar-refractivity contribution in [3.8, 4) is 5.75 Å². The van der Waals surface area contributed by atoms with Crippen molar-refractivity contribution in [1.29, 1.82) is 0 Å². The molecular formula is C18H16ClF2N3O2. The van der Waals surface area contributed by atoms with Crippen LogP contribution in [0.2, 0.25) is 5.02 Å². The first kappa shape index (κ1) is 18.2. The lowest BCUT2D eigenvalue weighted by Crippen LogP contribution is -2.13. The lowest BCUT2D eigenvalue weighted by atomic mass is 10.2. The molecule has 0 aliphatic rings. The number of aliphatic hydroxyl groups excluding tert-OH is 1. The van der Waals surface area contributed by atoms with Gasteiger partial charge >= 0.3 is 0 Å². The maximum Gasteiger partial charge on any atom is 0.170 e. The molecule has 1 aromatic heterocycles. The van der Waals surface area contributed by atoms with Crippen LogP contribution in [0.1, 0.15) is 17.5 Å². The molecule has 0 spiro atoms. The molecule has 0 aliphatic carbocycles. The van der Waals surface area contributed by atoms with Crippen LogP contribution in [0.5, 0.6) is 5.75 Å². The first-order chi connectivity index (χ1) is 12.5. The van der Waals surface area contributed by atoms with Gasteiger partial charge in [-0.05, 0) is 36.4 Å². The van der Waals surface area contributed by atoms with Crippen LogP contribution in [0.3, 0.4) is 0 Å². The fourth-order valence-electron chi connectivity index (χ4n) is 2.50. The smallest absolute Gasteiger partial charge is 0.170 e. The van der Waals surface area contributed by atoms with E-state index in [0.29, 0.717) is 17.3 Å². The second-order valence-electron chi connectivity index (χ2n) is 5.54. The number of nitrogens with zero attached hydrogens (tertiary/aromatic N) is 2. The molecule has 3 rings (SSSR count). The molecule has 136 valence electrons. The third-order valence-electron chi connectivity index (χ3n) is 3.76. The minimum Gasteiger partial charge on any atom is -0.496 e. The Morgan fingerprint density at radius 2 is 1.96 bits per heavy atom. The van der Waals surface area contributed by atoms with E-state index in [0.717, 1.165) is 17.7 Å². The second kappa shape index (κ2) is 7.72. The van der Waals surface area contributed by atoms with E-state index < -0.39 is 23.5 Å². The molecule has 0 saturated heterocycles. The van der Waals surface area contributed by atoms with Crippen LogP contribution in [-0.4, -0.2) is 22.0 Å². The van der Waals surface area contributed by atoms with Gasteiger partial charge in [-0.3, -0.25) is 4.68 Å². The molecule has 0 radical (unpaired) electrons. The summed E-state index contributed by atoms with van der Waals surface area (Å²) in [5.74, 6) is -0.946. The maximum absolute atomic E-state index is 13.7. The molecule has 0 aliphatic heterocycles. The number of benzene rings is 2. The van der Waals surface area contributed by atoms with Gasteiger partial charge in [0, 0.05) is 16.8 Å². The molecule has 1 unspecified atom stereocenters. The molecule has 0 fully saturated rings. The Bertz CT molecular complexity index is 897. The zero-order valence-electron chi connectivity index (χ0n) is 13.8. The first-order valence-corrected chi connectivity index (χ1v) is 8.10. The van der Waals surface area contributed by atoms with Crippen molar-refractivity contribution >= 4 is 17.3 Å². The quantitative estimate of drug-likeness (QED) is 0.636. The van der Waals surface area contributed by atoms with Crippen LogP contribution in [0.25, 0.3) is 0 Å². The Balaban J connectivity index is 1.76. The molecule has 8 heteroatoms. The molecular weight excluding hydrogens is 364 g/mol. The number of anilines is 1. The molecule has 1 atom stereocenters. The third kappa shape index (κ3) is 3.95. The number of hydrogen-bond acceptors (Lipinski definition) is 4. The predicted molar refractivity (Wildman–Crippen MR) is 94.3 cm³/mol. The van der Waals surface area contributed by atoms with Crippen LogP contribution in [0.4, 0.5) is 14.5 Å². The van der Waals surface area contributed by atoms with Crippen molar-refractivity contribution in [3.63, 3.8) is 0 Å². The molecule has 3 aromatic rings. The lowest BCUT2D eigenvalue weighted by molar-refractivity contribution is 0.201. The summed E-state index contributed by atoms with van der Waals surface area (Å²) in [6, 6.07) is 10.2. The summed E-state index contributed by atoms with van der Waals surface area (Å²) in [5, 5.41) is 17.4. The summed E-state index contributed by atoms with van der Waals surface area (Å²) < 4.78 is 34.2. The number of aromatic nitrogens is 2. The monoisotopic (exact) mass is 379 g/mol. The van der Waals surface area contributed by atoms with Gasteiger partial charge in [-0.1, -0.05) is 17.7 Å². The van der Waals surface area contributed by atoms with Crippen LogP contribution >= 0.6 is 11.6 Å². The van der Waals surface area contributed by atoms with Gasteiger partial charge in [0.1, 0.15) is 28.8 Å². The Morgan fingerprint density at radius 3 is 2.65 bits per heavy atom. The summed E-state index contributed by atoms with van der Waals surface area (Å²) >= 11 is 6.01. The SMILES string of the molecule is COc1ccc(Cl)cc1Cn1ccc(C(O)Nc2c(F)cccc2F)n1. The van der Waals surface area contributed by atoms with Crippen molar-refractivity contribution in [2.24, 2.45) is 0 Å². The Hall–Kier alpha value is -2.64. The van der Waals surface area contributed by atoms with E-state index in [-0.39, 0.29) is 5.69 Å². The zero-order chi connectivity index (χ0) is 18.7. The number of para-hydroxylation sites is 1. The van der Waals surface area contributed by atoms with Gasteiger partial charge in [-0.15, -0.1) is 0 Å². The Kier molecular flexibility index (Phi) is 5.39. The molecule has 5 nitrogen and oxygen atoms in total. The van der Waals surface area contributed by atoms with Crippen LogP contribution in [0.15, 0.2) is 48.7 Å². The van der Waals surface area contributed by atoms with Crippen molar-refractivity contribution in [3.05, 3.63) is 76.6 Å². The highest BCUT2D eigenvalue weighted by atomic mass is 35.5. The van der Waals surface area contributed by atoms with Gasteiger partial charge in [-0.25, -0.2) is 8.78 Å². The van der Waals surface area contributed by atoms with Crippen LogP contribution in [-0.2, 0) is 6.54 Å². The van der Waals surface area contributed by atoms with Gasteiger partial charge in [0.25, 0.3) is 0 Å². The normalized spacial score (nSPS) is 12.0. The van der Waals surface area contributed by atoms with Gasteiger partial charge in [-0.2, -0.15) is 5.10 Å². The number of halogens is 3. The largest absolute Gasteiger partial charge is 0.496 e. The predicted octanol–water partition coefficient (Wildman–Crippen LogP) is 3.97. The Morgan fingerprint density at radius 1 is 1.23 bits per heavy atom. The van der Waals surface area contributed by atoms with Gasteiger partial charge in [0.15, 0.2) is 6.23 Å². The average molecular weight is 380 g/mol. The first-order valence-electron chi connectivity index (χ1n) is 7.72. The Labute approximate surface area is 153 Å². The number of methoxy groups -OCH3 is 1. The minimum absolute atomic E-state index is 0.216. The topological polar surface area (TPSA) is 59.3 Å². The second-order valence-corrected chi connectivity index (χ2v) is 5.97. The fraction of sp³-hybridized carbons (Fsp3) is 0.167. The molecule has 1 heterocycles. The highest BCUT2D eigenvalue weighted by Gasteiger charge is 2.16. The van der Waals surface area contributed by atoms with E-state index in [4.69, 9.17) is 16.3 Å². The number of hydrogen-bond donors (Lipinski definition) is 2. The van der Waals surface area contributed by atoms with Crippen molar-refractivity contribution < 1.29 is 18.6 Å².